The molecule has 0 aromatic carbocycles. The van der Waals surface area contributed by atoms with E-state index in [1.165, 1.54) is 63.5 Å². The molecule has 0 aliphatic carbocycles. The van der Waals surface area contributed by atoms with E-state index in [1.54, 1.807) is 0 Å². The summed E-state index contributed by atoms with van der Waals surface area (Å²) in [6, 6.07) is 5.47. The lowest BCUT2D eigenvalue weighted by molar-refractivity contribution is 0.0154. The zero-order valence-electron chi connectivity index (χ0n) is 16.6. The quantitative estimate of drug-likeness (QED) is 0.545. The predicted octanol–water partition coefficient (Wildman–Crippen LogP) is 1.44. The lowest BCUT2D eigenvalue weighted by Gasteiger charge is -2.47. The number of fused-ring (bicyclic) bond motifs is 3. The van der Waals surface area contributed by atoms with Crippen LogP contribution in [-0.4, -0.2) is 92.1 Å². The molecule has 4 saturated heterocycles. The molecule has 7 heteroatoms. The van der Waals surface area contributed by atoms with Gasteiger partial charge in [-0.3, -0.25) is 19.7 Å². The molecule has 1 aromatic heterocycles. The maximum atomic E-state index is 4.99. The van der Waals surface area contributed by atoms with Crippen LogP contribution in [-0.2, 0) is 0 Å². The summed E-state index contributed by atoms with van der Waals surface area (Å²) in [6.07, 6.45) is 2.63. The summed E-state index contributed by atoms with van der Waals surface area (Å²) in [7, 11) is 0. The average Bonchev–Trinajstić information content (AvgIpc) is 3.42. The Morgan fingerprint density at radius 1 is 1.19 bits per heavy atom. The normalized spacial score (nSPS) is 29.8. The van der Waals surface area contributed by atoms with E-state index in [-0.39, 0.29) is 0 Å². The number of rotatable bonds is 7. The molecule has 0 amide bonds. The Morgan fingerprint density at radius 2 is 2.00 bits per heavy atom. The second-order valence-electron chi connectivity index (χ2n) is 7.87. The highest BCUT2D eigenvalue weighted by atomic mass is 32.1. The molecule has 2 atom stereocenters. The number of piperazine rings is 3. The summed E-state index contributed by atoms with van der Waals surface area (Å²) in [4.78, 5) is 14.3. The van der Waals surface area contributed by atoms with E-state index >= 15 is 0 Å². The molecule has 2 N–H and O–H groups in total. The van der Waals surface area contributed by atoms with Gasteiger partial charge in [0.1, 0.15) is 0 Å². The van der Waals surface area contributed by atoms with E-state index in [0.29, 0.717) is 12.1 Å². The topological polar surface area (TPSA) is 46.1 Å². The van der Waals surface area contributed by atoms with Crippen LogP contribution in [0.3, 0.4) is 0 Å². The van der Waals surface area contributed by atoms with Crippen LogP contribution >= 0.6 is 11.3 Å². The molecule has 0 spiro atoms. The highest BCUT2D eigenvalue weighted by Gasteiger charge is 2.31. The Morgan fingerprint density at radius 3 is 2.63 bits per heavy atom. The van der Waals surface area contributed by atoms with Gasteiger partial charge in [0, 0.05) is 56.7 Å². The maximum Gasteiger partial charge on any atom is 0.191 e. The molecule has 4 fully saturated rings. The van der Waals surface area contributed by atoms with Crippen LogP contribution in [0.4, 0.5) is 0 Å². The van der Waals surface area contributed by atoms with Crippen molar-refractivity contribution < 1.29 is 0 Å². The molecule has 4 aliphatic heterocycles. The van der Waals surface area contributed by atoms with Gasteiger partial charge in [-0.15, -0.1) is 11.3 Å². The minimum atomic E-state index is 0.420. The van der Waals surface area contributed by atoms with Gasteiger partial charge in [-0.1, -0.05) is 6.07 Å². The number of aliphatic imine (C=N–C) groups is 1. The fourth-order valence-corrected chi connectivity index (χ4v) is 5.42. The van der Waals surface area contributed by atoms with E-state index < -0.39 is 0 Å². The lowest BCUT2D eigenvalue weighted by atomic mass is 10.1. The van der Waals surface area contributed by atoms with Crippen LogP contribution in [0.25, 0.3) is 0 Å². The smallest absolute Gasteiger partial charge is 0.191 e. The molecule has 27 heavy (non-hydrogen) atoms. The molecule has 0 radical (unpaired) electrons. The van der Waals surface area contributed by atoms with Crippen LogP contribution in [0.2, 0.25) is 0 Å². The van der Waals surface area contributed by atoms with Gasteiger partial charge in [-0.05, 0) is 44.3 Å². The second kappa shape index (κ2) is 9.37. The minimum Gasteiger partial charge on any atom is -0.357 e. The van der Waals surface area contributed by atoms with Gasteiger partial charge in [-0.2, -0.15) is 0 Å². The standard InChI is InChI=1S/C20H34N6S/c1-2-21-20(22-14-17-16-24-9-11-25(17)12-10-24)23-15-18(19-6-5-13-27-19)26-7-3-4-8-26/h5-6,13,17-18H,2-4,7-12,14-16H2,1H3,(H2,21,22,23). The molecule has 150 valence electrons. The highest BCUT2D eigenvalue weighted by Crippen LogP contribution is 2.28. The van der Waals surface area contributed by atoms with Crippen molar-refractivity contribution in [2.75, 3.05) is 65.4 Å². The number of nitrogens with zero attached hydrogens (tertiary/aromatic N) is 4. The van der Waals surface area contributed by atoms with Crippen molar-refractivity contribution in [2.24, 2.45) is 4.99 Å². The Balaban J connectivity index is 1.37. The molecular formula is C20H34N6S. The van der Waals surface area contributed by atoms with Gasteiger partial charge in [0.25, 0.3) is 0 Å². The number of likely N-dealkylation sites (tertiary alicyclic amines) is 1. The second-order valence-corrected chi connectivity index (χ2v) is 8.84. The third kappa shape index (κ3) is 4.83. The van der Waals surface area contributed by atoms with Crippen molar-refractivity contribution in [2.45, 2.75) is 31.8 Å². The molecule has 1 aromatic rings. The molecular weight excluding hydrogens is 356 g/mol. The number of hydrogen-bond donors (Lipinski definition) is 2. The molecule has 4 aliphatic rings. The molecule has 0 saturated carbocycles. The molecule has 2 bridgehead atoms. The van der Waals surface area contributed by atoms with Crippen LogP contribution in [0, 0.1) is 0 Å². The van der Waals surface area contributed by atoms with Gasteiger partial charge < -0.3 is 10.6 Å². The van der Waals surface area contributed by atoms with Gasteiger partial charge in [-0.25, -0.2) is 0 Å². The summed E-state index contributed by atoms with van der Waals surface area (Å²) in [6.45, 7) is 13.4. The van der Waals surface area contributed by atoms with E-state index in [0.717, 1.165) is 25.6 Å². The Labute approximate surface area is 167 Å². The maximum absolute atomic E-state index is 4.99. The van der Waals surface area contributed by atoms with Crippen molar-refractivity contribution in [1.29, 1.82) is 0 Å². The summed E-state index contributed by atoms with van der Waals surface area (Å²) < 4.78 is 0. The average molecular weight is 391 g/mol. The number of nitrogens with one attached hydrogen (secondary N) is 2. The Kier molecular flexibility index (Phi) is 6.65. The monoisotopic (exact) mass is 390 g/mol. The summed E-state index contributed by atoms with van der Waals surface area (Å²) in [5.74, 6) is 0.968. The van der Waals surface area contributed by atoms with Crippen LogP contribution < -0.4 is 10.6 Å². The Bertz CT molecular complexity index is 590. The zero-order chi connectivity index (χ0) is 18.5. The molecule has 2 unspecified atom stereocenters. The van der Waals surface area contributed by atoms with Crippen molar-refractivity contribution in [3.63, 3.8) is 0 Å². The molecule has 5 rings (SSSR count). The minimum absolute atomic E-state index is 0.420. The first-order chi connectivity index (χ1) is 13.3. The van der Waals surface area contributed by atoms with E-state index in [1.807, 2.05) is 11.3 Å². The molecule has 5 heterocycles. The van der Waals surface area contributed by atoms with Crippen molar-refractivity contribution >= 4 is 17.3 Å². The summed E-state index contributed by atoms with van der Waals surface area (Å²) in [5, 5.41) is 9.26. The number of guanidine groups is 1. The van der Waals surface area contributed by atoms with E-state index in [4.69, 9.17) is 4.99 Å². The number of hydrogen-bond acceptors (Lipinski definition) is 5. The first kappa shape index (κ1) is 19.2. The lowest BCUT2D eigenvalue weighted by Crippen LogP contribution is -2.63. The van der Waals surface area contributed by atoms with Gasteiger partial charge >= 0.3 is 0 Å². The van der Waals surface area contributed by atoms with Gasteiger partial charge in [0.2, 0.25) is 0 Å². The SMILES string of the molecule is CCNC(=NCC(c1cccs1)N1CCCC1)NCC1CN2CCN1CC2. The van der Waals surface area contributed by atoms with Crippen molar-refractivity contribution in [3.05, 3.63) is 22.4 Å². The highest BCUT2D eigenvalue weighted by molar-refractivity contribution is 7.10. The largest absolute Gasteiger partial charge is 0.357 e. The Hall–Kier alpha value is -1.15. The van der Waals surface area contributed by atoms with Crippen LogP contribution in [0.5, 0.6) is 0 Å². The zero-order valence-corrected chi connectivity index (χ0v) is 17.4. The van der Waals surface area contributed by atoms with Crippen molar-refractivity contribution in [1.82, 2.24) is 25.3 Å². The molecule has 6 nitrogen and oxygen atoms in total. The van der Waals surface area contributed by atoms with Gasteiger partial charge in [0.15, 0.2) is 5.96 Å². The number of thiophene rings is 1. The first-order valence-corrected chi connectivity index (χ1v) is 11.5. The summed E-state index contributed by atoms with van der Waals surface area (Å²) >= 11 is 1.86. The van der Waals surface area contributed by atoms with Gasteiger partial charge in [0.05, 0.1) is 12.6 Å². The van der Waals surface area contributed by atoms with Crippen molar-refractivity contribution in [3.8, 4) is 0 Å². The third-order valence-corrected chi connectivity index (χ3v) is 7.09. The van der Waals surface area contributed by atoms with Crippen LogP contribution in [0.15, 0.2) is 22.5 Å². The third-order valence-electron chi connectivity index (χ3n) is 6.12. The predicted molar refractivity (Wildman–Crippen MR) is 114 cm³/mol. The van der Waals surface area contributed by atoms with E-state index in [2.05, 4.69) is 49.8 Å². The van der Waals surface area contributed by atoms with E-state index in [9.17, 15) is 0 Å². The fraction of sp³-hybridized carbons (Fsp3) is 0.750. The fourth-order valence-electron chi connectivity index (χ4n) is 4.57. The van der Waals surface area contributed by atoms with Crippen LogP contribution in [0.1, 0.15) is 30.7 Å². The first-order valence-electron chi connectivity index (χ1n) is 10.6. The summed E-state index contributed by atoms with van der Waals surface area (Å²) in [5.41, 5.74) is 0.